The van der Waals surface area contributed by atoms with E-state index in [1.165, 1.54) is 35.6 Å². The standard InChI is InChI=1S/C20H15N3O3S/c1-3-11-22-17-9-7-14(2)12-18(17)27-20(22)21-19(24)10-8-15-5-4-6-16(13-15)23(25)26/h1,4-10,12-13H,11H2,2H3. The predicted octanol–water partition coefficient (Wildman–Crippen LogP) is 3.69. The van der Waals surface area contributed by atoms with E-state index >= 15 is 0 Å². The van der Waals surface area contributed by atoms with E-state index in [0.29, 0.717) is 16.9 Å². The zero-order valence-corrected chi connectivity index (χ0v) is 15.3. The minimum absolute atomic E-state index is 0.0340. The highest BCUT2D eigenvalue weighted by atomic mass is 32.1. The number of nitro groups is 1. The topological polar surface area (TPSA) is 77.5 Å². The third-order valence-electron chi connectivity index (χ3n) is 3.79. The number of carbonyl (C=O) groups excluding carboxylic acids is 1. The molecule has 0 aliphatic heterocycles. The van der Waals surface area contributed by atoms with Crippen molar-refractivity contribution < 1.29 is 9.72 Å². The van der Waals surface area contributed by atoms with Crippen LogP contribution in [0, 0.1) is 29.4 Å². The highest BCUT2D eigenvalue weighted by Crippen LogP contribution is 2.19. The summed E-state index contributed by atoms with van der Waals surface area (Å²) >= 11 is 1.39. The molecule has 0 aliphatic carbocycles. The summed E-state index contributed by atoms with van der Waals surface area (Å²) in [4.78, 5) is 27.3. The number of amides is 1. The minimum atomic E-state index is -0.481. The Bertz CT molecular complexity index is 1180. The minimum Gasteiger partial charge on any atom is -0.305 e. The van der Waals surface area contributed by atoms with E-state index in [1.807, 2.05) is 29.7 Å². The monoisotopic (exact) mass is 377 g/mol. The number of aromatic nitrogens is 1. The van der Waals surface area contributed by atoms with Gasteiger partial charge in [0.25, 0.3) is 11.6 Å². The first kappa shape index (κ1) is 18.3. The van der Waals surface area contributed by atoms with Gasteiger partial charge in [-0.05, 0) is 36.3 Å². The summed E-state index contributed by atoms with van der Waals surface area (Å²) < 4.78 is 2.82. The summed E-state index contributed by atoms with van der Waals surface area (Å²) in [6, 6.07) is 12.0. The summed E-state index contributed by atoms with van der Waals surface area (Å²) in [5.41, 5.74) is 2.56. The average molecular weight is 377 g/mol. The molecule has 0 spiro atoms. The number of rotatable bonds is 4. The third kappa shape index (κ3) is 4.19. The van der Waals surface area contributed by atoms with Crippen molar-refractivity contribution in [3.05, 3.63) is 74.6 Å². The van der Waals surface area contributed by atoms with Crippen molar-refractivity contribution in [3.8, 4) is 12.3 Å². The summed E-state index contributed by atoms with van der Waals surface area (Å²) in [7, 11) is 0. The predicted molar refractivity (Wildman–Crippen MR) is 106 cm³/mol. The molecule has 0 aliphatic rings. The number of nitrogens with zero attached hydrogens (tertiary/aromatic N) is 3. The molecule has 0 saturated heterocycles. The number of terminal acetylenes is 1. The maximum Gasteiger partial charge on any atom is 0.272 e. The number of carbonyl (C=O) groups is 1. The van der Waals surface area contributed by atoms with Gasteiger partial charge in [-0.3, -0.25) is 14.9 Å². The molecule has 0 atom stereocenters. The number of benzene rings is 2. The highest BCUT2D eigenvalue weighted by molar-refractivity contribution is 7.16. The molecule has 0 unspecified atom stereocenters. The van der Waals surface area contributed by atoms with E-state index in [4.69, 9.17) is 6.42 Å². The van der Waals surface area contributed by atoms with Crippen LogP contribution in [-0.2, 0) is 11.3 Å². The number of fused-ring (bicyclic) bond motifs is 1. The largest absolute Gasteiger partial charge is 0.305 e. The van der Waals surface area contributed by atoms with E-state index in [1.54, 1.807) is 12.1 Å². The number of non-ortho nitro benzene ring substituents is 1. The maximum atomic E-state index is 12.3. The summed E-state index contributed by atoms with van der Waals surface area (Å²) in [6.07, 6.45) is 8.24. The molecule has 134 valence electrons. The molecule has 0 radical (unpaired) electrons. The van der Waals surface area contributed by atoms with Crippen LogP contribution in [0.25, 0.3) is 16.3 Å². The zero-order chi connectivity index (χ0) is 19.4. The van der Waals surface area contributed by atoms with Gasteiger partial charge in [-0.25, -0.2) is 0 Å². The van der Waals surface area contributed by atoms with E-state index < -0.39 is 10.8 Å². The fourth-order valence-corrected chi connectivity index (χ4v) is 3.68. The molecular weight excluding hydrogens is 362 g/mol. The molecule has 0 bridgehead atoms. The first-order chi connectivity index (χ1) is 13.0. The molecule has 1 heterocycles. The van der Waals surface area contributed by atoms with Gasteiger partial charge >= 0.3 is 0 Å². The number of hydrogen-bond acceptors (Lipinski definition) is 4. The summed E-state index contributed by atoms with van der Waals surface area (Å²) in [5.74, 6) is 2.12. The Morgan fingerprint density at radius 2 is 2.19 bits per heavy atom. The average Bonchev–Trinajstić information content (AvgIpc) is 2.97. The molecule has 6 nitrogen and oxygen atoms in total. The first-order valence-corrected chi connectivity index (χ1v) is 8.84. The van der Waals surface area contributed by atoms with Crippen LogP contribution in [0.4, 0.5) is 5.69 Å². The Morgan fingerprint density at radius 3 is 2.93 bits per heavy atom. The molecule has 1 amide bonds. The van der Waals surface area contributed by atoms with Gasteiger partial charge in [-0.15, -0.1) is 6.42 Å². The Hall–Kier alpha value is -3.50. The Balaban J connectivity index is 1.95. The van der Waals surface area contributed by atoms with Gasteiger partial charge in [0, 0.05) is 18.2 Å². The fourth-order valence-electron chi connectivity index (χ4n) is 2.55. The van der Waals surface area contributed by atoms with Crippen LogP contribution >= 0.6 is 11.3 Å². The van der Waals surface area contributed by atoms with Gasteiger partial charge in [0.05, 0.1) is 21.7 Å². The number of aryl methyl sites for hydroxylation is 1. The second-order valence-corrected chi connectivity index (χ2v) is 6.79. The Kier molecular flexibility index (Phi) is 5.29. The number of nitro benzene ring substituents is 1. The molecular formula is C20H15N3O3S. The van der Waals surface area contributed by atoms with E-state index in [-0.39, 0.29) is 5.69 Å². The number of hydrogen-bond donors (Lipinski definition) is 0. The van der Waals surface area contributed by atoms with Crippen LogP contribution in [0.5, 0.6) is 0 Å². The van der Waals surface area contributed by atoms with Gasteiger partial charge < -0.3 is 4.57 Å². The lowest BCUT2D eigenvalue weighted by molar-refractivity contribution is -0.384. The highest BCUT2D eigenvalue weighted by Gasteiger charge is 2.07. The lowest BCUT2D eigenvalue weighted by Crippen LogP contribution is -2.15. The lowest BCUT2D eigenvalue weighted by Gasteiger charge is -1.99. The first-order valence-electron chi connectivity index (χ1n) is 8.02. The second-order valence-electron chi connectivity index (χ2n) is 5.78. The van der Waals surface area contributed by atoms with Crippen molar-refractivity contribution >= 4 is 39.2 Å². The number of thiazole rings is 1. The van der Waals surface area contributed by atoms with Crippen LogP contribution in [0.3, 0.4) is 0 Å². The van der Waals surface area contributed by atoms with E-state index in [2.05, 4.69) is 10.9 Å². The second kappa shape index (κ2) is 7.81. The van der Waals surface area contributed by atoms with Crippen molar-refractivity contribution in [2.24, 2.45) is 4.99 Å². The zero-order valence-electron chi connectivity index (χ0n) is 14.5. The van der Waals surface area contributed by atoms with Crippen LogP contribution < -0.4 is 4.80 Å². The smallest absolute Gasteiger partial charge is 0.272 e. The van der Waals surface area contributed by atoms with E-state index in [9.17, 15) is 14.9 Å². The molecule has 0 fully saturated rings. The summed E-state index contributed by atoms with van der Waals surface area (Å²) in [6.45, 7) is 2.30. The summed E-state index contributed by atoms with van der Waals surface area (Å²) in [5, 5.41) is 10.8. The Morgan fingerprint density at radius 1 is 1.37 bits per heavy atom. The maximum absolute atomic E-state index is 12.3. The normalized spacial score (nSPS) is 11.8. The van der Waals surface area contributed by atoms with Crippen molar-refractivity contribution in [1.82, 2.24) is 4.57 Å². The van der Waals surface area contributed by atoms with Gasteiger partial charge in [-0.2, -0.15) is 4.99 Å². The molecule has 27 heavy (non-hydrogen) atoms. The van der Waals surface area contributed by atoms with E-state index in [0.717, 1.165) is 15.8 Å². The van der Waals surface area contributed by atoms with Gasteiger partial charge in [0.15, 0.2) is 4.80 Å². The molecule has 1 aromatic heterocycles. The molecule has 7 heteroatoms. The quantitative estimate of drug-likeness (QED) is 0.301. The van der Waals surface area contributed by atoms with Crippen molar-refractivity contribution in [1.29, 1.82) is 0 Å². The SMILES string of the molecule is C#CCn1c(=NC(=O)C=Cc2cccc([N+](=O)[O-])c2)sc2cc(C)ccc21. The van der Waals surface area contributed by atoms with Gasteiger partial charge in [-0.1, -0.05) is 35.5 Å². The van der Waals surface area contributed by atoms with Crippen molar-refractivity contribution in [2.45, 2.75) is 13.5 Å². The molecule has 2 aromatic carbocycles. The fraction of sp³-hybridized carbons (Fsp3) is 0.100. The van der Waals surface area contributed by atoms with Crippen LogP contribution in [0.1, 0.15) is 11.1 Å². The molecule has 3 rings (SSSR count). The van der Waals surface area contributed by atoms with Gasteiger partial charge in [0.2, 0.25) is 0 Å². The van der Waals surface area contributed by atoms with Crippen LogP contribution in [-0.4, -0.2) is 15.4 Å². The van der Waals surface area contributed by atoms with Crippen molar-refractivity contribution in [2.75, 3.05) is 0 Å². The molecule has 0 saturated carbocycles. The van der Waals surface area contributed by atoms with Crippen LogP contribution in [0.15, 0.2) is 53.5 Å². The van der Waals surface area contributed by atoms with Gasteiger partial charge in [0.1, 0.15) is 0 Å². The lowest BCUT2D eigenvalue weighted by atomic mass is 10.2. The Labute approximate surface area is 159 Å². The van der Waals surface area contributed by atoms with Crippen LogP contribution in [0.2, 0.25) is 0 Å². The molecule has 0 N–H and O–H groups in total. The third-order valence-corrected chi connectivity index (χ3v) is 4.83. The molecule has 3 aromatic rings. The van der Waals surface area contributed by atoms with Crippen molar-refractivity contribution in [3.63, 3.8) is 0 Å².